The maximum Gasteiger partial charge on any atom is 0.291 e. The molecule has 7 heteroatoms. The fourth-order valence-corrected chi connectivity index (χ4v) is 2.97. The summed E-state index contributed by atoms with van der Waals surface area (Å²) in [6.07, 6.45) is 0. The number of nitrogens with zero attached hydrogens (tertiary/aromatic N) is 1. The number of hydrogen-bond donors (Lipinski definition) is 2. The van der Waals surface area contributed by atoms with Crippen molar-refractivity contribution in [2.45, 2.75) is 20.0 Å². The smallest absolute Gasteiger partial charge is 0.291 e. The van der Waals surface area contributed by atoms with Crippen LogP contribution in [0, 0.1) is 0 Å². The molecule has 0 aliphatic rings. The van der Waals surface area contributed by atoms with Crippen molar-refractivity contribution in [3.8, 4) is 0 Å². The monoisotopic (exact) mass is 423 g/mol. The molecule has 152 valence electrons. The van der Waals surface area contributed by atoms with Gasteiger partial charge in [0.05, 0.1) is 0 Å². The van der Waals surface area contributed by atoms with Crippen LogP contribution in [0.1, 0.15) is 28.6 Å². The van der Waals surface area contributed by atoms with E-state index in [1.165, 1.54) is 0 Å². The molecule has 0 bridgehead atoms. The van der Waals surface area contributed by atoms with Crippen LogP contribution in [0.3, 0.4) is 0 Å². The number of amides is 1. The van der Waals surface area contributed by atoms with Gasteiger partial charge in [0, 0.05) is 29.7 Å². The van der Waals surface area contributed by atoms with E-state index >= 15 is 0 Å². The Morgan fingerprint density at radius 1 is 1.07 bits per heavy atom. The Bertz CT molecular complexity index is 910. The SMILES string of the molecule is CCNCc1cccc(NC(=O)c2oc3ccccc3c2CN(C)C)c1.Cl.Cl. The van der Waals surface area contributed by atoms with Crippen molar-refractivity contribution in [3.05, 3.63) is 65.4 Å². The Labute approximate surface area is 178 Å². The van der Waals surface area contributed by atoms with Gasteiger partial charge in [-0.1, -0.05) is 37.3 Å². The lowest BCUT2D eigenvalue weighted by Crippen LogP contribution is -2.17. The second kappa shape index (κ2) is 11.1. The highest BCUT2D eigenvalue weighted by atomic mass is 35.5. The number of fused-ring (bicyclic) bond motifs is 1. The Kier molecular flexibility index (Phi) is 9.49. The molecule has 3 aromatic rings. The van der Waals surface area contributed by atoms with Crippen LogP contribution in [0.4, 0.5) is 5.69 Å². The standard InChI is InChI=1S/C21H25N3O2.2ClH/c1-4-22-13-15-8-7-9-16(12-15)23-21(25)20-18(14-24(2)3)17-10-5-6-11-19(17)26-20;;/h5-12,22H,4,13-14H2,1-3H3,(H,23,25);2*1H. The van der Waals surface area contributed by atoms with Crippen molar-refractivity contribution in [3.63, 3.8) is 0 Å². The Balaban J connectivity index is 0.00000196. The fraction of sp³-hybridized carbons (Fsp3) is 0.286. The summed E-state index contributed by atoms with van der Waals surface area (Å²) >= 11 is 0. The van der Waals surface area contributed by atoms with E-state index in [4.69, 9.17) is 4.42 Å². The van der Waals surface area contributed by atoms with Crippen LogP contribution in [0.2, 0.25) is 0 Å². The maximum absolute atomic E-state index is 12.9. The number of rotatable bonds is 7. The van der Waals surface area contributed by atoms with Gasteiger partial charge < -0.3 is 20.0 Å². The first-order valence-electron chi connectivity index (χ1n) is 8.84. The number of nitrogens with one attached hydrogen (secondary N) is 2. The molecule has 28 heavy (non-hydrogen) atoms. The molecule has 1 amide bonds. The summed E-state index contributed by atoms with van der Waals surface area (Å²) in [5.41, 5.74) is 3.53. The summed E-state index contributed by atoms with van der Waals surface area (Å²) in [5.74, 6) is 0.149. The third kappa shape index (κ3) is 5.72. The first-order chi connectivity index (χ1) is 12.6. The quantitative estimate of drug-likeness (QED) is 0.577. The normalized spacial score (nSPS) is 10.4. The first kappa shape index (κ1) is 24.0. The molecule has 0 saturated carbocycles. The van der Waals surface area contributed by atoms with E-state index in [1.54, 1.807) is 0 Å². The number of para-hydroxylation sites is 1. The van der Waals surface area contributed by atoms with Crippen molar-refractivity contribution in [1.82, 2.24) is 10.2 Å². The van der Waals surface area contributed by atoms with Crippen molar-refractivity contribution in [2.75, 3.05) is 26.0 Å². The molecule has 2 N–H and O–H groups in total. The van der Waals surface area contributed by atoms with E-state index in [0.29, 0.717) is 12.3 Å². The minimum Gasteiger partial charge on any atom is -0.451 e. The zero-order valence-corrected chi connectivity index (χ0v) is 18.0. The van der Waals surface area contributed by atoms with E-state index in [-0.39, 0.29) is 30.7 Å². The highest BCUT2D eigenvalue weighted by molar-refractivity contribution is 6.06. The molecule has 0 spiro atoms. The van der Waals surface area contributed by atoms with Gasteiger partial charge in [-0.25, -0.2) is 0 Å². The van der Waals surface area contributed by atoms with Gasteiger partial charge in [0.25, 0.3) is 5.91 Å². The van der Waals surface area contributed by atoms with Crippen LogP contribution in [-0.4, -0.2) is 31.4 Å². The number of anilines is 1. The molecule has 1 aromatic heterocycles. The highest BCUT2D eigenvalue weighted by Crippen LogP contribution is 2.27. The number of halogens is 2. The van der Waals surface area contributed by atoms with Crippen LogP contribution in [0.5, 0.6) is 0 Å². The maximum atomic E-state index is 12.9. The van der Waals surface area contributed by atoms with Gasteiger partial charge in [-0.3, -0.25) is 4.79 Å². The van der Waals surface area contributed by atoms with Gasteiger partial charge in [-0.2, -0.15) is 0 Å². The number of hydrogen-bond acceptors (Lipinski definition) is 4. The first-order valence-corrected chi connectivity index (χ1v) is 8.84. The van der Waals surface area contributed by atoms with E-state index in [1.807, 2.05) is 67.5 Å². The molecule has 0 atom stereocenters. The third-order valence-corrected chi connectivity index (χ3v) is 4.14. The zero-order valence-electron chi connectivity index (χ0n) is 16.3. The molecule has 3 rings (SSSR count). The average Bonchev–Trinajstić information content (AvgIpc) is 2.98. The second-order valence-electron chi connectivity index (χ2n) is 6.58. The van der Waals surface area contributed by atoms with E-state index in [0.717, 1.165) is 40.9 Å². The molecule has 0 aliphatic carbocycles. The van der Waals surface area contributed by atoms with E-state index in [2.05, 4.69) is 17.6 Å². The van der Waals surface area contributed by atoms with Crippen LogP contribution >= 0.6 is 24.8 Å². The molecule has 0 unspecified atom stereocenters. The lowest BCUT2D eigenvalue weighted by Gasteiger charge is -2.11. The number of carbonyl (C=O) groups is 1. The Morgan fingerprint density at radius 2 is 1.82 bits per heavy atom. The third-order valence-electron chi connectivity index (χ3n) is 4.14. The van der Waals surface area contributed by atoms with Crippen molar-refractivity contribution >= 4 is 47.4 Å². The highest BCUT2D eigenvalue weighted by Gasteiger charge is 2.21. The fourth-order valence-electron chi connectivity index (χ4n) is 2.97. The van der Waals surface area contributed by atoms with Gasteiger partial charge in [0.2, 0.25) is 0 Å². The average molecular weight is 424 g/mol. The Hall–Kier alpha value is -2.05. The summed E-state index contributed by atoms with van der Waals surface area (Å²) in [7, 11) is 3.96. The summed E-state index contributed by atoms with van der Waals surface area (Å²) < 4.78 is 5.88. The summed E-state index contributed by atoms with van der Waals surface area (Å²) in [6.45, 7) is 4.39. The number of carbonyl (C=O) groups excluding carboxylic acids is 1. The van der Waals surface area contributed by atoms with Gasteiger partial charge in [-0.15, -0.1) is 24.8 Å². The second-order valence-corrected chi connectivity index (χ2v) is 6.58. The van der Waals surface area contributed by atoms with Crippen molar-refractivity contribution in [2.24, 2.45) is 0 Å². The number of furan rings is 1. The van der Waals surface area contributed by atoms with Gasteiger partial charge in [0.1, 0.15) is 5.58 Å². The van der Waals surface area contributed by atoms with Crippen LogP contribution in [0.25, 0.3) is 11.0 Å². The molecular weight excluding hydrogens is 397 g/mol. The minimum atomic E-state index is -0.223. The molecule has 0 radical (unpaired) electrons. The summed E-state index contributed by atoms with van der Waals surface area (Å²) in [6, 6.07) is 15.6. The molecule has 0 aliphatic heterocycles. The van der Waals surface area contributed by atoms with Crippen molar-refractivity contribution in [1.29, 1.82) is 0 Å². The van der Waals surface area contributed by atoms with Gasteiger partial charge >= 0.3 is 0 Å². The van der Waals surface area contributed by atoms with Crippen molar-refractivity contribution < 1.29 is 9.21 Å². The Morgan fingerprint density at radius 3 is 2.54 bits per heavy atom. The topological polar surface area (TPSA) is 57.5 Å². The molecule has 2 aromatic carbocycles. The van der Waals surface area contributed by atoms with Crippen LogP contribution < -0.4 is 10.6 Å². The van der Waals surface area contributed by atoms with E-state index < -0.39 is 0 Å². The molecule has 0 fully saturated rings. The van der Waals surface area contributed by atoms with Gasteiger partial charge in [-0.05, 0) is 44.4 Å². The lowest BCUT2D eigenvalue weighted by atomic mass is 10.1. The van der Waals surface area contributed by atoms with E-state index in [9.17, 15) is 4.79 Å². The summed E-state index contributed by atoms with van der Waals surface area (Å²) in [4.78, 5) is 14.9. The molecule has 5 nitrogen and oxygen atoms in total. The largest absolute Gasteiger partial charge is 0.451 e. The predicted molar refractivity (Wildman–Crippen MR) is 120 cm³/mol. The van der Waals surface area contributed by atoms with Gasteiger partial charge in [0.15, 0.2) is 5.76 Å². The summed E-state index contributed by atoms with van der Waals surface area (Å²) in [5, 5.41) is 7.24. The minimum absolute atomic E-state index is 0. The zero-order chi connectivity index (χ0) is 18.5. The van der Waals surface area contributed by atoms with Crippen LogP contribution in [0.15, 0.2) is 52.9 Å². The number of benzene rings is 2. The molecular formula is C21H27Cl2N3O2. The molecule has 1 heterocycles. The van der Waals surface area contributed by atoms with Crippen LogP contribution in [-0.2, 0) is 13.1 Å². The molecule has 0 saturated heterocycles. The lowest BCUT2D eigenvalue weighted by molar-refractivity contribution is 0.0996. The predicted octanol–water partition coefficient (Wildman–Crippen LogP) is 4.70.